The number of pyridine rings is 1. The lowest BCUT2D eigenvalue weighted by molar-refractivity contribution is 0.0779. The molecule has 1 N–H and O–H groups in total. The van der Waals surface area contributed by atoms with Crippen molar-refractivity contribution in [3.8, 4) is 0 Å². The van der Waals surface area contributed by atoms with Crippen molar-refractivity contribution in [3.63, 3.8) is 0 Å². The zero-order chi connectivity index (χ0) is 16.1. The summed E-state index contributed by atoms with van der Waals surface area (Å²) >= 11 is 0. The van der Waals surface area contributed by atoms with E-state index in [-0.39, 0.29) is 11.8 Å². The number of carbonyl (C=O) groups is 1. The summed E-state index contributed by atoms with van der Waals surface area (Å²) in [6, 6.07) is 5.50. The quantitative estimate of drug-likeness (QED) is 0.934. The average Bonchev–Trinajstić information content (AvgIpc) is 2.61. The molecular formula is C17H20N4O2. The predicted octanol–water partition coefficient (Wildman–Crippen LogP) is 2.00. The van der Waals surface area contributed by atoms with Gasteiger partial charge in [0.1, 0.15) is 11.5 Å². The van der Waals surface area contributed by atoms with Crippen LogP contribution in [0.3, 0.4) is 0 Å². The summed E-state index contributed by atoms with van der Waals surface area (Å²) in [7, 11) is 0. The van der Waals surface area contributed by atoms with Gasteiger partial charge in [-0.15, -0.1) is 0 Å². The van der Waals surface area contributed by atoms with Gasteiger partial charge in [0.05, 0.1) is 18.8 Å². The van der Waals surface area contributed by atoms with E-state index >= 15 is 0 Å². The molecule has 0 aliphatic carbocycles. The molecule has 0 radical (unpaired) electrons. The molecule has 23 heavy (non-hydrogen) atoms. The van der Waals surface area contributed by atoms with Gasteiger partial charge in [0.15, 0.2) is 0 Å². The minimum atomic E-state index is -0.190. The Balaban J connectivity index is 1.64. The van der Waals surface area contributed by atoms with Crippen LogP contribution in [0.25, 0.3) is 0 Å². The van der Waals surface area contributed by atoms with E-state index in [0.29, 0.717) is 18.8 Å². The topological polar surface area (TPSA) is 77.0 Å². The molecule has 1 fully saturated rings. The molecule has 1 aliphatic heterocycles. The van der Waals surface area contributed by atoms with E-state index in [1.165, 1.54) is 0 Å². The summed E-state index contributed by atoms with van der Waals surface area (Å²) in [6.07, 6.45) is 5.44. The summed E-state index contributed by atoms with van der Waals surface area (Å²) in [5, 5.41) is 2.86. The Morgan fingerprint density at radius 3 is 3.04 bits per heavy atom. The van der Waals surface area contributed by atoms with E-state index in [2.05, 4.69) is 20.3 Å². The van der Waals surface area contributed by atoms with Gasteiger partial charge in [0.25, 0.3) is 5.91 Å². The van der Waals surface area contributed by atoms with Gasteiger partial charge in [-0.05, 0) is 37.5 Å². The van der Waals surface area contributed by atoms with Gasteiger partial charge in [-0.25, -0.2) is 9.97 Å². The minimum Gasteiger partial charge on any atom is -0.381 e. The van der Waals surface area contributed by atoms with Gasteiger partial charge < -0.3 is 10.1 Å². The number of hydrogen-bond acceptors (Lipinski definition) is 5. The largest absolute Gasteiger partial charge is 0.381 e. The number of hydrogen-bond donors (Lipinski definition) is 1. The van der Waals surface area contributed by atoms with Gasteiger partial charge in [-0.1, -0.05) is 6.07 Å². The van der Waals surface area contributed by atoms with Gasteiger partial charge in [0.2, 0.25) is 0 Å². The molecular weight excluding hydrogens is 292 g/mol. The number of amides is 1. The number of carbonyl (C=O) groups excluding carboxylic acids is 1. The minimum absolute atomic E-state index is 0.190. The van der Waals surface area contributed by atoms with Crippen LogP contribution in [0.2, 0.25) is 0 Å². The summed E-state index contributed by atoms with van der Waals surface area (Å²) < 4.78 is 5.49. The maximum atomic E-state index is 12.2. The third-order valence-corrected chi connectivity index (χ3v) is 3.91. The van der Waals surface area contributed by atoms with Gasteiger partial charge >= 0.3 is 0 Å². The number of aryl methyl sites for hydroxylation is 1. The Morgan fingerprint density at radius 2 is 2.26 bits per heavy atom. The molecule has 3 heterocycles. The molecule has 0 saturated carbocycles. The van der Waals surface area contributed by atoms with Crippen molar-refractivity contribution in [1.82, 2.24) is 20.3 Å². The zero-order valence-electron chi connectivity index (χ0n) is 13.2. The molecule has 1 atom stereocenters. The second kappa shape index (κ2) is 7.28. The van der Waals surface area contributed by atoms with Crippen LogP contribution in [0.4, 0.5) is 0 Å². The SMILES string of the molecule is Cc1cccnc1C(=O)NCc1ccnc([C@@H]2CCCOC2)n1. The van der Waals surface area contributed by atoms with E-state index < -0.39 is 0 Å². The highest BCUT2D eigenvalue weighted by molar-refractivity contribution is 5.93. The molecule has 3 rings (SSSR count). The molecule has 6 heteroatoms. The molecule has 6 nitrogen and oxygen atoms in total. The molecule has 0 bridgehead atoms. The van der Waals surface area contributed by atoms with E-state index in [1.807, 2.05) is 25.1 Å². The van der Waals surface area contributed by atoms with E-state index in [1.54, 1.807) is 12.4 Å². The fraction of sp³-hybridized carbons (Fsp3) is 0.412. The Bertz CT molecular complexity index is 684. The predicted molar refractivity (Wildman–Crippen MR) is 85.0 cm³/mol. The molecule has 0 spiro atoms. The number of nitrogens with one attached hydrogen (secondary N) is 1. The van der Waals surface area contributed by atoms with Crippen molar-refractivity contribution in [1.29, 1.82) is 0 Å². The van der Waals surface area contributed by atoms with E-state index in [0.717, 1.165) is 36.5 Å². The highest BCUT2D eigenvalue weighted by Crippen LogP contribution is 2.22. The average molecular weight is 312 g/mol. The van der Waals surface area contributed by atoms with Crippen LogP contribution >= 0.6 is 0 Å². The summed E-state index contributed by atoms with van der Waals surface area (Å²) in [6.45, 7) is 3.71. The molecule has 1 amide bonds. The highest BCUT2D eigenvalue weighted by atomic mass is 16.5. The molecule has 2 aromatic heterocycles. The maximum Gasteiger partial charge on any atom is 0.270 e. The van der Waals surface area contributed by atoms with Crippen LogP contribution < -0.4 is 5.32 Å². The molecule has 120 valence electrons. The molecule has 1 aliphatic rings. The Hall–Kier alpha value is -2.34. The fourth-order valence-corrected chi connectivity index (χ4v) is 2.63. The summed E-state index contributed by atoms with van der Waals surface area (Å²) in [5.74, 6) is 0.854. The van der Waals surface area contributed by atoms with Gasteiger partial charge in [-0.3, -0.25) is 9.78 Å². The van der Waals surface area contributed by atoms with E-state index in [9.17, 15) is 4.79 Å². The number of aromatic nitrogens is 3. The van der Waals surface area contributed by atoms with Crippen LogP contribution in [-0.2, 0) is 11.3 Å². The summed E-state index contributed by atoms with van der Waals surface area (Å²) in [5.41, 5.74) is 2.10. The van der Waals surface area contributed by atoms with Crippen LogP contribution in [-0.4, -0.2) is 34.1 Å². The van der Waals surface area contributed by atoms with Crippen molar-refractivity contribution in [2.75, 3.05) is 13.2 Å². The Morgan fingerprint density at radius 1 is 1.35 bits per heavy atom. The fourth-order valence-electron chi connectivity index (χ4n) is 2.63. The number of ether oxygens (including phenoxy) is 1. The van der Waals surface area contributed by atoms with E-state index in [4.69, 9.17) is 4.74 Å². The smallest absolute Gasteiger partial charge is 0.270 e. The lowest BCUT2D eigenvalue weighted by atomic mass is 10.0. The van der Waals surface area contributed by atoms with Crippen LogP contribution in [0.5, 0.6) is 0 Å². The standard InChI is InChI=1S/C17H20N4O2/c1-12-4-2-7-18-15(12)17(22)20-10-14-6-8-19-16(21-14)13-5-3-9-23-11-13/h2,4,6-8,13H,3,5,9-11H2,1H3,(H,20,22)/t13-/m1/s1. The first-order chi connectivity index (χ1) is 11.2. The first-order valence-corrected chi connectivity index (χ1v) is 7.83. The molecule has 0 aromatic carbocycles. The van der Waals surface area contributed by atoms with Gasteiger partial charge in [-0.2, -0.15) is 0 Å². The summed E-state index contributed by atoms with van der Waals surface area (Å²) in [4.78, 5) is 25.2. The second-order valence-electron chi connectivity index (χ2n) is 5.67. The molecule has 2 aromatic rings. The normalized spacial score (nSPS) is 17.7. The van der Waals surface area contributed by atoms with Crippen molar-refractivity contribution in [3.05, 3.63) is 53.4 Å². The second-order valence-corrected chi connectivity index (χ2v) is 5.67. The van der Waals surface area contributed by atoms with Crippen LogP contribution in [0.1, 0.15) is 46.3 Å². The van der Waals surface area contributed by atoms with Crippen LogP contribution in [0.15, 0.2) is 30.6 Å². The first kappa shape index (κ1) is 15.6. The lowest BCUT2D eigenvalue weighted by Gasteiger charge is -2.20. The van der Waals surface area contributed by atoms with Crippen molar-refractivity contribution in [2.24, 2.45) is 0 Å². The van der Waals surface area contributed by atoms with Crippen molar-refractivity contribution >= 4 is 5.91 Å². The lowest BCUT2D eigenvalue weighted by Crippen LogP contribution is -2.25. The van der Waals surface area contributed by atoms with Crippen molar-refractivity contribution in [2.45, 2.75) is 32.2 Å². The first-order valence-electron chi connectivity index (χ1n) is 7.83. The zero-order valence-corrected chi connectivity index (χ0v) is 13.2. The maximum absolute atomic E-state index is 12.2. The van der Waals surface area contributed by atoms with Gasteiger partial charge in [0, 0.05) is 24.9 Å². The Kier molecular flexibility index (Phi) is 4.92. The molecule has 1 saturated heterocycles. The number of nitrogens with zero attached hydrogens (tertiary/aromatic N) is 3. The Labute approximate surface area is 135 Å². The van der Waals surface area contributed by atoms with Crippen LogP contribution in [0, 0.1) is 6.92 Å². The third-order valence-electron chi connectivity index (χ3n) is 3.91. The third kappa shape index (κ3) is 3.90. The number of rotatable bonds is 4. The monoisotopic (exact) mass is 312 g/mol. The molecule has 0 unspecified atom stereocenters. The van der Waals surface area contributed by atoms with Crippen molar-refractivity contribution < 1.29 is 9.53 Å². The highest BCUT2D eigenvalue weighted by Gasteiger charge is 2.19.